The van der Waals surface area contributed by atoms with Gasteiger partial charge in [-0.1, -0.05) is 89.0 Å². The maximum absolute atomic E-state index is 2.55. The zero-order valence-electron chi connectivity index (χ0n) is 17.1. The van der Waals surface area contributed by atoms with E-state index in [0.29, 0.717) is 16.2 Å². The highest BCUT2D eigenvalue weighted by molar-refractivity contribution is 4.90. The van der Waals surface area contributed by atoms with Gasteiger partial charge in [-0.15, -0.1) is 0 Å². The zero-order chi connectivity index (χ0) is 17.1. The normalized spacial score (nSPS) is 19.4. The molecule has 0 heteroatoms. The van der Waals surface area contributed by atoms with Crippen LogP contribution in [0, 0.1) is 34.0 Å². The van der Waals surface area contributed by atoms with Crippen molar-refractivity contribution in [1.82, 2.24) is 0 Å². The first-order valence-electron chi connectivity index (χ1n) is 9.30. The molecule has 0 aliphatic rings. The van der Waals surface area contributed by atoms with E-state index in [1.165, 1.54) is 25.7 Å². The third-order valence-corrected chi connectivity index (χ3v) is 6.49. The summed E-state index contributed by atoms with van der Waals surface area (Å²) in [6.45, 7) is 26.8. The van der Waals surface area contributed by atoms with Gasteiger partial charge in [0.25, 0.3) is 0 Å². The molecule has 0 aromatic heterocycles. The second-order valence-corrected chi connectivity index (χ2v) is 9.95. The highest BCUT2D eigenvalue weighted by Gasteiger charge is 2.41. The standard InChI is InChI=1S/C21H44/c1-12-20(9,10)14-15-21(11,13-2)17(5)18(16(3)4)19(6,7)8/h16-18H,12-15H2,1-11H3. The lowest BCUT2D eigenvalue weighted by molar-refractivity contribution is 0.0147. The van der Waals surface area contributed by atoms with Gasteiger partial charge in [0.15, 0.2) is 0 Å². The van der Waals surface area contributed by atoms with Crippen molar-refractivity contribution in [3.63, 3.8) is 0 Å². The third kappa shape index (κ3) is 5.95. The Hall–Kier alpha value is 0. The Morgan fingerprint density at radius 3 is 1.48 bits per heavy atom. The highest BCUT2D eigenvalue weighted by Crippen LogP contribution is 2.49. The van der Waals surface area contributed by atoms with Crippen LogP contribution in [0.2, 0.25) is 0 Å². The Morgan fingerprint density at radius 1 is 0.714 bits per heavy atom. The van der Waals surface area contributed by atoms with Crippen LogP contribution in [0.4, 0.5) is 0 Å². The van der Waals surface area contributed by atoms with Gasteiger partial charge in [0.05, 0.1) is 0 Å². The molecule has 0 amide bonds. The van der Waals surface area contributed by atoms with Crippen LogP contribution >= 0.6 is 0 Å². The summed E-state index contributed by atoms with van der Waals surface area (Å²) in [5, 5.41) is 0. The molecule has 0 bridgehead atoms. The van der Waals surface area contributed by atoms with Crippen LogP contribution in [0.25, 0.3) is 0 Å². The van der Waals surface area contributed by atoms with Crippen LogP contribution in [0.15, 0.2) is 0 Å². The van der Waals surface area contributed by atoms with Crippen LogP contribution < -0.4 is 0 Å². The fraction of sp³-hybridized carbons (Fsp3) is 1.00. The molecule has 0 aliphatic heterocycles. The molecule has 0 saturated heterocycles. The fourth-order valence-electron chi connectivity index (χ4n) is 4.29. The molecular formula is C21H44. The van der Waals surface area contributed by atoms with E-state index in [2.05, 4.69) is 76.2 Å². The minimum absolute atomic E-state index is 0.393. The quantitative estimate of drug-likeness (QED) is 0.433. The van der Waals surface area contributed by atoms with Gasteiger partial charge in [0, 0.05) is 0 Å². The lowest BCUT2D eigenvalue weighted by Gasteiger charge is -2.48. The van der Waals surface area contributed by atoms with Crippen molar-refractivity contribution in [1.29, 1.82) is 0 Å². The van der Waals surface area contributed by atoms with E-state index >= 15 is 0 Å². The van der Waals surface area contributed by atoms with E-state index in [9.17, 15) is 0 Å². The van der Waals surface area contributed by atoms with Gasteiger partial charge in [0.1, 0.15) is 0 Å². The van der Waals surface area contributed by atoms with Crippen molar-refractivity contribution in [2.45, 2.75) is 102 Å². The molecule has 0 aromatic carbocycles. The van der Waals surface area contributed by atoms with E-state index in [-0.39, 0.29) is 0 Å². The summed E-state index contributed by atoms with van der Waals surface area (Å²) in [7, 11) is 0. The van der Waals surface area contributed by atoms with Gasteiger partial charge >= 0.3 is 0 Å². The van der Waals surface area contributed by atoms with Crippen LogP contribution in [-0.2, 0) is 0 Å². The van der Waals surface area contributed by atoms with Crippen molar-refractivity contribution < 1.29 is 0 Å². The summed E-state index contributed by atoms with van der Waals surface area (Å²) in [5.41, 5.74) is 1.35. The maximum Gasteiger partial charge on any atom is -0.0300 e. The molecule has 128 valence electrons. The Morgan fingerprint density at radius 2 is 1.19 bits per heavy atom. The second kappa shape index (κ2) is 7.51. The SMILES string of the molecule is CCC(C)(C)CCC(C)(CC)C(C)C(C(C)C)C(C)(C)C. The molecule has 0 aliphatic carbocycles. The summed E-state index contributed by atoms with van der Waals surface area (Å²) in [4.78, 5) is 0. The third-order valence-electron chi connectivity index (χ3n) is 6.49. The summed E-state index contributed by atoms with van der Waals surface area (Å²) in [5.74, 6) is 2.31. The lowest BCUT2D eigenvalue weighted by atomic mass is 9.57. The van der Waals surface area contributed by atoms with Gasteiger partial charge in [-0.2, -0.15) is 0 Å². The highest BCUT2D eigenvalue weighted by atomic mass is 14.5. The van der Waals surface area contributed by atoms with E-state index < -0.39 is 0 Å². The Labute approximate surface area is 136 Å². The van der Waals surface area contributed by atoms with Gasteiger partial charge in [-0.3, -0.25) is 0 Å². The first kappa shape index (κ1) is 21.0. The predicted octanol–water partition coefficient (Wildman–Crippen LogP) is 7.57. The van der Waals surface area contributed by atoms with Crippen LogP contribution in [0.1, 0.15) is 102 Å². The monoisotopic (exact) mass is 296 g/mol. The molecule has 0 fully saturated rings. The van der Waals surface area contributed by atoms with Gasteiger partial charge in [-0.05, 0) is 46.8 Å². The van der Waals surface area contributed by atoms with Crippen molar-refractivity contribution in [3.8, 4) is 0 Å². The summed E-state index contributed by atoms with van der Waals surface area (Å²) < 4.78 is 0. The molecule has 0 spiro atoms. The molecule has 0 rings (SSSR count). The summed E-state index contributed by atoms with van der Waals surface area (Å²) >= 11 is 0. The molecule has 0 aromatic rings. The molecule has 3 unspecified atom stereocenters. The second-order valence-electron chi connectivity index (χ2n) is 9.95. The van der Waals surface area contributed by atoms with Crippen LogP contribution in [-0.4, -0.2) is 0 Å². The Balaban J connectivity index is 5.21. The maximum atomic E-state index is 2.55. The van der Waals surface area contributed by atoms with E-state index in [0.717, 1.165) is 17.8 Å². The van der Waals surface area contributed by atoms with Crippen molar-refractivity contribution in [2.24, 2.45) is 34.0 Å². The summed E-state index contributed by atoms with van der Waals surface area (Å²) in [6.07, 6.45) is 5.30. The number of rotatable bonds is 8. The minimum Gasteiger partial charge on any atom is -0.0649 e. The van der Waals surface area contributed by atoms with E-state index in [1.54, 1.807) is 0 Å². The van der Waals surface area contributed by atoms with Crippen molar-refractivity contribution in [2.75, 3.05) is 0 Å². The average Bonchev–Trinajstić information content (AvgIpc) is 2.33. The van der Waals surface area contributed by atoms with E-state index in [4.69, 9.17) is 0 Å². The first-order valence-corrected chi connectivity index (χ1v) is 9.30. The predicted molar refractivity (Wildman–Crippen MR) is 98.7 cm³/mol. The summed E-state index contributed by atoms with van der Waals surface area (Å²) in [6, 6.07) is 0. The fourth-order valence-corrected chi connectivity index (χ4v) is 4.29. The largest absolute Gasteiger partial charge is 0.0649 e. The first-order chi connectivity index (χ1) is 9.30. The van der Waals surface area contributed by atoms with Crippen molar-refractivity contribution >= 4 is 0 Å². The van der Waals surface area contributed by atoms with E-state index in [1.807, 2.05) is 0 Å². The Kier molecular flexibility index (Phi) is 7.51. The smallest absolute Gasteiger partial charge is 0.0300 e. The molecule has 21 heavy (non-hydrogen) atoms. The van der Waals surface area contributed by atoms with Crippen LogP contribution in [0.5, 0.6) is 0 Å². The molecule has 0 saturated carbocycles. The van der Waals surface area contributed by atoms with Crippen molar-refractivity contribution in [3.05, 3.63) is 0 Å². The molecule has 0 N–H and O–H groups in total. The molecule has 0 radical (unpaired) electrons. The van der Waals surface area contributed by atoms with Crippen LogP contribution in [0.3, 0.4) is 0 Å². The molecule has 0 nitrogen and oxygen atoms in total. The average molecular weight is 297 g/mol. The Bertz CT molecular complexity index is 292. The molecule has 3 atom stereocenters. The number of hydrogen-bond acceptors (Lipinski definition) is 0. The lowest BCUT2D eigenvalue weighted by Crippen LogP contribution is -2.40. The van der Waals surface area contributed by atoms with Gasteiger partial charge in [-0.25, -0.2) is 0 Å². The van der Waals surface area contributed by atoms with Gasteiger partial charge < -0.3 is 0 Å². The topological polar surface area (TPSA) is 0 Å². The zero-order valence-corrected chi connectivity index (χ0v) is 17.1. The number of hydrogen-bond donors (Lipinski definition) is 0. The minimum atomic E-state index is 0.393. The molecular weight excluding hydrogens is 252 g/mol. The van der Waals surface area contributed by atoms with Gasteiger partial charge in [0.2, 0.25) is 0 Å². The molecule has 0 heterocycles.